The van der Waals surface area contributed by atoms with E-state index in [4.69, 9.17) is 0 Å². The minimum atomic E-state index is -0.313. The monoisotopic (exact) mass is 485 g/mol. The molecule has 2 aliphatic rings. The minimum Gasteiger partial charge on any atom is -0.858 e. The van der Waals surface area contributed by atoms with Crippen LogP contribution < -0.4 is 10.4 Å². The molecular weight excluding hydrogens is 460 g/mol. The number of fused-ring (bicyclic) bond motifs is 1. The number of imide groups is 1. The first-order valence-electron chi connectivity index (χ1n) is 12.0. The van der Waals surface area contributed by atoms with Gasteiger partial charge in [-0.15, -0.1) is 5.10 Å². The molecule has 0 spiro atoms. The average Bonchev–Trinajstić information content (AvgIpc) is 3.55. The van der Waals surface area contributed by atoms with Gasteiger partial charge in [0, 0.05) is 19.1 Å². The molecule has 3 amide bonds. The lowest BCUT2D eigenvalue weighted by molar-refractivity contribution is -0.213. The largest absolute Gasteiger partial charge is 0.858 e. The van der Waals surface area contributed by atoms with Gasteiger partial charge in [-0.05, 0) is 68.3 Å². The lowest BCUT2D eigenvalue weighted by Gasteiger charge is -2.15. The molecule has 1 aliphatic heterocycles. The van der Waals surface area contributed by atoms with Crippen molar-refractivity contribution in [2.75, 3.05) is 13.1 Å². The first-order valence-corrected chi connectivity index (χ1v) is 12.0. The topological polar surface area (TPSA) is 133 Å². The summed E-state index contributed by atoms with van der Waals surface area (Å²) in [6.07, 6.45) is 2.66. The van der Waals surface area contributed by atoms with Gasteiger partial charge in [0.05, 0.1) is 22.5 Å². The quantitative estimate of drug-likeness (QED) is 0.278. The molecule has 10 nitrogen and oxygen atoms in total. The van der Waals surface area contributed by atoms with E-state index in [0.717, 1.165) is 12.8 Å². The second-order valence-electron chi connectivity index (χ2n) is 8.78. The second-order valence-corrected chi connectivity index (χ2v) is 8.78. The van der Waals surface area contributed by atoms with E-state index < -0.39 is 0 Å². The molecule has 10 heteroatoms. The highest BCUT2D eigenvalue weighted by Crippen LogP contribution is 2.24. The third kappa shape index (κ3) is 4.49. The third-order valence-electron chi connectivity index (χ3n) is 6.22. The Kier molecular flexibility index (Phi) is 6.32. The number of aliphatic imine (C=N–C) groups is 1. The van der Waals surface area contributed by atoms with E-state index in [0.29, 0.717) is 47.5 Å². The summed E-state index contributed by atoms with van der Waals surface area (Å²) in [5, 5.41) is 23.3. The van der Waals surface area contributed by atoms with Crippen molar-refractivity contribution in [3.8, 4) is 5.69 Å². The number of nitrogens with zero attached hydrogens (tertiary/aromatic N) is 5. The number of carbonyl (C=O) groups excluding carboxylic acids is 3. The van der Waals surface area contributed by atoms with E-state index in [2.05, 4.69) is 20.6 Å². The van der Waals surface area contributed by atoms with Gasteiger partial charge >= 0.3 is 0 Å². The number of amides is 3. The third-order valence-corrected chi connectivity index (χ3v) is 6.22. The van der Waals surface area contributed by atoms with E-state index >= 15 is 0 Å². The van der Waals surface area contributed by atoms with Crippen LogP contribution in [0.4, 0.5) is 0 Å². The molecule has 1 saturated carbocycles. The molecule has 184 valence electrons. The van der Waals surface area contributed by atoms with Crippen molar-refractivity contribution in [3.63, 3.8) is 0 Å². The van der Waals surface area contributed by atoms with Gasteiger partial charge < -0.3 is 15.4 Å². The Morgan fingerprint density at radius 1 is 1.08 bits per heavy atom. The van der Waals surface area contributed by atoms with Crippen molar-refractivity contribution in [1.82, 2.24) is 25.2 Å². The number of hydrogen-bond acceptors (Lipinski definition) is 7. The van der Waals surface area contributed by atoms with Crippen LogP contribution in [0.25, 0.3) is 5.69 Å². The summed E-state index contributed by atoms with van der Waals surface area (Å²) in [6, 6.07) is 13.7. The van der Waals surface area contributed by atoms with Crippen LogP contribution in [0.2, 0.25) is 0 Å². The predicted octanol–water partition coefficient (Wildman–Crippen LogP) is 1.52. The van der Waals surface area contributed by atoms with Crippen molar-refractivity contribution in [2.24, 2.45) is 4.99 Å². The lowest BCUT2D eigenvalue weighted by Crippen LogP contribution is -2.31. The number of carbonyl (C=O) groups is 3. The van der Waals surface area contributed by atoms with E-state index in [1.54, 1.807) is 60.1 Å². The Balaban J connectivity index is 1.37. The Morgan fingerprint density at radius 3 is 2.36 bits per heavy atom. The van der Waals surface area contributed by atoms with Gasteiger partial charge in [0.15, 0.2) is 5.69 Å². The highest BCUT2D eigenvalue weighted by molar-refractivity contribution is 6.21. The van der Waals surface area contributed by atoms with Gasteiger partial charge in [-0.3, -0.25) is 19.3 Å². The Morgan fingerprint density at radius 2 is 1.75 bits per heavy atom. The smallest absolute Gasteiger partial charge is 0.273 e. The fraction of sp³-hybridized carbons (Fsp3) is 0.308. The summed E-state index contributed by atoms with van der Waals surface area (Å²) in [7, 11) is 0. The standard InChI is InChI=1S/C26H26N6O4/c1-2-27-23(33)16-9-13-18(14-10-16)32-21(22(29-30-32)24(34)28-17-11-12-17)8-5-15-31-25(35)19-6-3-4-7-20(19)26(31)36/h3-4,6-7,9-10,13-14,17H,2,5,8,11-12,15H2,1H3,(H,27,33)(H,28,34)/p-1. The first kappa shape index (κ1) is 23.4. The van der Waals surface area contributed by atoms with Gasteiger partial charge in [-0.25, -0.2) is 4.68 Å². The molecule has 2 heterocycles. The number of rotatable bonds is 9. The van der Waals surface area contributed by atoms with Gasteiger partial charge in [0.1, 0.15) is 0 Å². The molecule has 1 fully saturated rings. The average molecular weight is 486 g/mol. The van der Waals surface area contributed by atoms with E-state index in [1.165, 1.54) is 4.90 Å². The van der Waals surface area contributed by atoms with E-state index in [1.807, 2.05) is 0 Å². The molecule has 1 aromatic heterocycles. The molecule has 0 unspecified atom stereocenters. The second kappa shape index (κ2) is 9.73. The van der Waals surface area contributed by atoms with Crippen molar-refractivity contribution < 1.29 is 19.5 Å². The molecular formula is C26H25N6O4-. The van der Waals surface area contributed by atoms with Crippen molar-refractivity contribution in [1.29, 1.82) is 0 Å². The molecule has 0 atom stereocenters. The molecule has 3 aromatic rings. The molecule has 36 heavy (non-hydrogen) atoms. The van der Waals surface area contributed by atoms with Gasteiger partial charge in [-0.1, -0.05) is 29.5 Å². The summed E-state index contributed by atoms with van der Waals surface area (Å²) in [5.41, 5.74) is 2.69. The zero-order valence-electron chi connectivity index (χ0n) is 19.8. The van der Waals surface area contributed by atoms with Gasteiger partial charge in [0.25, 0.3) is 17.7 Å². The van der Waals surface area contributed by atoms with Crippen LogP contribution in [0.5, 0.6) is 0 Å². The van der Waals surface area contributed by atoms with Crippen molar-refractivity contribution >= 4 is 23.6 Å². The van der Waals surface area contributed by atoms with Crippen LogP contribution in [0.1, 0.15) is 68.6 Å². The fourth-order valence-corrected chi connectivity index (χ4v) is 4.22. The maximum Gasteiger partial charge on any atom is 0.273 e. The first-order chi connectivity index (χ1) is 17.5. The number of hydrogen-bond donors (Lipinski definition) is 1. The Labute approximate surface area is 207 Å². The fourth-order valence-electron chi connectivity index (χ4n) is 4.22. The molecule has 1 aliphatic carbocycles. The molecule has 2 aromatic carbocycles. The zero-order chi connectivity index (χ0) is 25.2. The van der Waals surface area contributed by atoms with Crippen LogP contribution in [-0.4, -0.2) is 62.6 Å². The van der Waals surface area contributed by atoms with E-state index in [9.17, 15) is 19.5 Å². The van der Waals surface area contributed by atoms with Crippen LogP contribution in [0.15, 0.2) is 53.5 Å². The van der Waals surface area contributed by atoms with Crippen LogP contribution >= 0.6 is 0 Å². The zero-order valence-corrected chi connectivity index (χ0v) is 19.8. The molecule has 0 radical (unpaired) electrons. The summed E-state index contributed by atoms with van der Waals surface area (Å²) in [4.78, 5) is 43.4. The number of aromatic nitrogens is 3. The summed E-state index contributed by atoms with van der Waals surface area (Å²) in [5.74, 6) is -1.22. The van der Waals surface area contributed by atoms with Gasteiger partial charge in [0.2, 0.25) is 0 Å². The van der Waals surface area contributed by atoms with E-state index in [-0.39, 0.29) is 41.9 Å². The number of nitrogens with one attached hydrogen (secondary N) is 1. The summed E-state index contributed by atoms with van der Waals surface area (Å²) >= 11 is 0. The lowest BCUT2D eigenvalue weighted by atomic mass is 10.1. The normalized spacial score (nSPS) is 15.4. The van der Waals surface area contributed by atoms with Crippen molar-refractivity contribution in [3.05, 3.63) is 76.6 Å². The Hall–Kier alpha value is -4.34. The highest BCUT2D eigenvalue weighted by Gasteiger charge is 2.35. The molecule has 0 saturated heterocycles. The highest BCUT2D eigenvalue weighted by atomic mass is 16.3. The summed E-state index contributed by atoms with van der Waals surface area (Å²) < 4.78 is 1.56. The molecule has 1 N–H and O–H groups in total. The Bertz CT molecular complexity index is 1320. The maximum absolute atomic E-state index is 12.8. The van der Waals surface area contributed by atoms with Gasteiger partial charge in [-0.2, -0.15) is 0 Å². The van der Waals surface area contributed by atoms with Crippen LogP contribution in [-0.2, 0) is 6.42 Å². The van der Waals surface area contributed by atoms with Crippen LogP contribution in [0, 0.1) is 0 Å². The SMILES string of the molecule is CCN=C([O-])c1ccc(-n2nnc(C(=O)NC3CC3)c2CCCN2C(=O)c3ccccc3C2=O)cc1. The minimum absolute atomic E-state index is 0.154. The number of benzene rings is 2. The van der Waals surface area contributed by atoms with Crippen molar-refractivity contribution in [2.45, 2.75) is 38.6 Å². The molecule has 5 rings (SSSR count). The van der Waals surface area contributed by atoms with Crippen LogP contribution in [0.3, 0.4) is 0 Å². The molecule has 0 bridgehead atoms. The predicted molar refractivity (Wildman–Crippen MR) is 129 cm³/mol. The maximum atomic E-state index is 12.8. The summed E-state index contributed by atoms with van der Waals surface area (Å²) in [6.45, 7) is 2.40.